The van der Waals surface area contributed by atoms with Crippen molar-refractivity contribution in [2.75, 3.05) is 0 Å². The van der Waals surface area contributed by atoms with Crippen LogP contribution in [0.1, 0.15) is 40.5 Å². The summed E-state index contributed by atoms with van der Waals surface area (Å²) in [6.07, 6.45) is 2.38. The first-order chi connectivity index (χ1) is 5.17. The van der Waals surface area contributed by atoms with Crippen LogP contribution in [0.4, 0.5) is 0 Å². The molecule has 0 radical (unpaired) electrons. The van der Waals surface area contributed by atoms with Crippen LogP contribution < -0.4 is 0 Å². The molecule has 0 saturated heterocycles. The highest BCUT2D eigenvalue weighted by Crippen LogP contribution is 2.40. The van der Waals surface area contributed by atoms with Gasteiger partial charge in [-0.25, -0.2) is 0 Å². The van der Waals surface area contributed by atoms with Gasteiger partial charge in [-0.15, -0.1) is 0 Å². The van der Waals surface area contributed by atoms with Crippen LogP contribution in [0.5, 0.6) is 0 Å². The van der Waals surface area contributed by atoms with E-state index < -0.39 is 8.32 Å². The van der Waals surface area contributed by atoms with Gasteiger partial charge in [0.05, 0.1) is 0 Å². The van der Waals surface area contributed by atoms with Gasteiger partial charge in [-0.3, -0.25) is 0 Å². The van der Waals surface area contributed by atoms with Crippen LogP contribution in [0, 0.1) is 5.92 Å². The molecule has 0 aliphatic heterocycles. The molecule has 0 amide bonds. The topological polar surface area (TPSA) is 20.2 Å². The molecule has 0 aliphatic rings. The molecule has 2 heteroatoms. The van der Waals surface area contributed by atoms with E-state index >= 15 is 0 Å². The molecule has 0 aliphatic carbocycles. The molecule has 0 unspecified atom stereocenters. The van der Waals surface area contributed by atoms with Crippen molar-refractivity contribution in [1.82, 2.24) is 0 Å². The lowest BCUT2D eigenvalue weighted by atomic mass is 10.00. The third-order valence-electron chi connectivity index (χ3n) is 3.00. The number of hydrogen-bond donors (Lipinski definition) is 1. The molecule has 0 aromatic heterocycles. The molecule has 0 rings (SSSR count). The largest absolute Gasteiger partial charge is 0.432 e. The van der Waals surface area contributed by atoms with Gasteiger partial charge in [0.1, 0.15) is 0 Å². The van der Waals surface area contributed by atoms with Crippen LogP contribution >= 0.6 is 0 Å². The summed E-state index contributed by atoms with van der Waals surface area (Å²) in [7, 11) is -1.95. The van der Waals surface area contributed by atoms with Gasteiger partial charge in [-0.1, -0.05) is 34.1 Å². The highest BCUT2D eigenvalue weighted by atomic mass is 28.4. The van der Waals surface area contributed by atoms with Crippen molar-refractivity contribution >= 4 is 8.32 Å². The molecule has 0 saturated carbocycles. The van der Waals surface area contributed by atoms with E-state index in [-0.39, 0.29) is 5.04 Å². The van der Waals surface area contributed by atoms with Crippen molar-refractivity contribution in [2.45, 2.75) is 58.7 Å². The van der Waals surface area contributed by atoms with Gasteiger partial charge in [-0.2, -0.15) is 0 Å². The summed E-state index contributed by atoms with van der Waals surface area (Å²) in [4.78, 5) is 10.00. The minimum absolute atomic E-state index is 0.164. The summed E-state index contributed by atoms with van der Waals surface area (Å²) < 4.78 is 0. The van der Waals surface area contributed by atoms with Gasteiger partial charge < -0.3 is 4.80 Å². The second-order valence-corrected chi connectivity index (χ2v) is 9.85. The van der Waals surface area contributed by atoms with Crippen LogP contribution in [-0.2, 0) is 0 Å². The maximum atomic E-state index is 10.00. The lowest BCUT2D eigenvalue weighted by Gasteiger charge is -2.35. The molecule has 0 fully saturated rings. The minimum Gasteiger partial charge on any atom is -0.432 e. The molecular weight excluding hydrogens is 164 g/mol. The van der Waals surface area contributed by atoms with Crippen LogP contribution in [0.3, 0.4) is 0 Å². The third kappa shape index (κ3) is 3.72. The van der Waals surface area contributed by atoms with E-state index in [4.69, 9.17) is 0 Å². The Morgan fingerprint density at radius 2 is 1.67 bits per heavy atom. The molecule has 1 nitrogen and oxygen atoms in total. The molecule has 74 valence electrons. The van der Waals surface area contributed by atoms with E-state index in [1.807, 2.05) is 13.1 Å². The van der Waals surface area contributed by atoms with Crippen LogP contribution in [0.2, 0.25) is 18.1 Å². The predicted molar refractivity (Wildman–Crippen MR) is 57.8 cm³/mol. The van der Waals surface area contributed by atoms with Gasteiger partial charge in [0.25, 0.3) is 0 Å². The normalized spacial score (nSPS) is 14.0. The second-order valence-electron chi connectivity index (χ2n) is 5.38. The van der Waals surface area contributed by atoms with E-state index in [2.05, 4.69) is 27.7 Å². The highest BCUT2D eigenvalue weighted by Gasteiger charge is 2.37. The molecule has 0 aromatic carbocycles. The lowest BCUT2D eigenvalue weighted by molar-refractivity contribution is 0.416. The Hall–Kier alpha value is 0.177. The van der Waals surface area contributed by atoms with E-state index in [1.54, 1.807) is 0 Å². The molecule has 0 aromatic rings. The molecular formula is C10H24OSi. The smallest absolute Gasteiger partial charge is 0.188 e. The Labute approximate surface area is 78.3 Å². The SMILES string of the molecule is CC(C)CCC(C)(C)[Si](C)(C)O. The summed E-state index contributed by atoms with van der Waals surface area (Å²) >= 11 is 0. The van der Waals surface area contributed by atoms with E-state index in [0.717, 1.165) is 12.3 Å². The van der Waals surface area contributed by atoms with Crippen LogP contribution in [-0.4, -0.2) is 13.1 Å². The fourth-order valence-electron chi connectivity index (χ4n) is 0.955. The van der Waals surface area contributed by atoms with Gasteiger partial charge >= 0.3 is 0 Å². The molecule has 0 heterocycles. The highest BCUT2D eigenvalue weighted by molar-refractivity contribution is 6.72. The Kier molecular flexibility index (Phi) is 3.98. The van der Waals surface area contributed by atoms with Crippen LogP contribution in [0.15, 0.2) is 0 Å². The fraction of sp³-hybridized carbons (Fsp3) is 1.00. The molecule has 1 N–H and O–H groups in total. The molecule has 12 heavy (non-hydrogen) atoms. The van der Waals surface area contributed by atoms with Crippen LogP contribution in [0.25, 0.3) is 0 Å². The first-order valence-electron chi connectivity index (χ1n) is 4.89. The average molecular weight is 188 g/mol. The summed E-state index contributed by atoms with van der Waals surface area (Å²) in [6, 6.07) is 0. The minimum atomic E-state index is -1.95. The maximum absolute atomic E-state index is 10.00. The number of hydrogen-bond acceptors (Lipinski definition) is 1. The standard InChI is InChI=1S/C10H24OSi/c1-9(2)7-8-10(3,4)12(5,6)11/h9,11H,7-8H2,1-6H3. The lowest BCUT2D eigenvalue weighted by Crippen LogP contribution is -2.39. The third-order valence-corrected chi connectivity index (χ3v) is 6.57. The van der Waals surface area contributed by atoms with Crippen molar-refractivity contribution in [3.63, 3.8) is 0 Å². The maximum Gasteiger partial charge on any atom is 0.188 e. The van der Waals surface area contributed by atoms with Gasteiger partial charge in [-0.05, 0) is 30.5 Å². The van der Waals surface area contributed by atoms with Crippen molar-refractivity contribution in [3.8, 4) is 0 Å². The molecule has 0 spiro atoms. The van der Waals surface area contributed by atoms with Crippen molar-refractivity contribution in [1.29, 1.82) is 0 Å². The molecule has 0 bridgehead atoms. The Bertz CT molecular complexity index is 133. The van der Waals surface area contributed by atoms with Gasteiger partial charge in [0.2, 0.25) is 0 Å². The predicted octanol–water partition coefficient (Wildman–Crippen LogP) is 3.40. The van der Waals surface area contributed by atoms with E-state index in [1.165, 1.54) is 6.42 Å². The quantitative estimate of drug-likeness (QED) is 0.670. The monoisotopic (exact) mass is 188 g/mol. The zero-order chi connectivity index (χ0) is 9.99. The average Bonchev–Trinajstić information content (AvgIpc) is 1.81. The zero-order valence-corrected chi connectivity index (χ0v) is 10.4. The summed E-state index contributed by atoms with van der Waals surface area (Å²) in [5, 5.41) is 0.164. The first-order valence-corrected chi connectivity index (χ1v) is 7.84. The number of rotatable bonds is 4. The van der Waals surface area contributed by atoms with Crippen molar-refractivity contribution in [3.05, 3.63) is 0 Å². The second kappa shape index (κ2) is 3.92. The molecule has 0 atom stereocenters. The van der Waals surface area contributed by atoms with E-state index in [0.29, 0.717) is 0 Å². The van der Waals surface area contributed by atoms with Gasteiger partial charge in [0, 0.05) is 0 Å². The first kappa shape index (κ1) is 12.2. The van der Waals surface area contributed by atoms with E-state index in [9.17, 15) is 4.80 Å². The summed E-state index contributed by atoms with van der Waals surface area (Å²) in [6.45, 7) is 12.9. The zero-order valence-electron chi connectivity index (χ0n) is 9.44. The van der Waals surface area contributed by atoms with Crippen molar-refractivity contribution < 1.29 is 4.80 Å². The Morgan fingerprint density at radius 3 is 1.92 bits per heavy atom. The summed E-state index contributed by atoms with van der Waals surface area (Å²) in [5.74, 6) is 0.751. The Balaban J connectivity index is 4.05. The fourth-order valence-corrected chi connectivity index (χ4v) is 1.71. The Morgan fingerprint density at radius 1 is 1.25 bits per heavy atom. The van der Waals surface area contributed by atoms with Crippen molar-refractivity contribution in [2.24, 2.45) is 5.92 Å². The summed E-state index contributed by atoms with van der Waals surface area (Å²) in [5.41, 5.74) is 0. The van der Waals surface area contributed by atoms with Gasteiger partial charge in [0.15, 0.2) is 8.32 Å².